The number of nitrogens with zero attached hydrogens (tertiary/aromatic N) is 1. The molecular weight excluding hydrogens is 178 g/mol. The molecule has 1 N–H and O–H groups in total. The number of aliphatic carboxylic acids is 1. The molecule has 2 fully saturated rings. The molecule has 0 aromatic rings. The molecule has 0 bridgehead atoms. The molecule has 1 saturated carbocycles. The van der Waals surface area contributed by atoms with Gasteiger partial charge in [-0.1, -0.05) is 0 Å². The Morgan fingerprint density at radius 1 is 1.43 bits per heavy atom. The van der Waals surface area contributed by atoms with Crippen LogP contribution in [0.3, 0.4) is 0 Å². The minimum Gasteiger partial charge on any atom is -0.481 e. The number of carboxylic acids is 1. The molecule has 2 rings (SSSR count). The summed E-state index contributed by atoms with van der Waals surface area (Å²) >= 11 is 0. The second-order valence-corrected chi connectivity index (χ2v) is 5.01. The van der Waals surface area contributed by atoms with Crippen LogP contribution >= 0.6 is 0 Å². The first-order valence-corrected chi connectivity index (χ1v) is 5.53. The Kier molecular flexibility index (Phi) is 2.52. The summed E-state index contributed by atoms with van der Waals surface area (Å²) < 4.78 is 0. The van der Waals surface area contributed by atoms with Crippen molar-refractivity contribution in [2.75, 3.05) is 20.1 Å². The first-order valence-electron chi connectivity index (χ1n) is 5.53. The van der Waals surface area contributed by atoms with Crippen LogP contribution in [0.25, 0.3) is 0 Å². The van der Waals surface area contributed by atoms with Gasteiger partial charge in [0.2, 0.25) is 0 Å². The summed E-state index contributed by atoms with van der Waals surface area (Å²) in [6, 6.07) is 0. The van der Waals surface area contributed by atoms with Gasteiger partial charge in [0, 0.05) is 0 Å². The first kappa shape index (κ1) is 9.97. The summed E-state index contributed by atoms with van der Waals surface area (Å²) in [6.45, 7) is 2.29. The average molecular weight is 197 g/mol. The van der Waals surface area contributed by atoms with Crippen molar-refractivity contribution in [2.45, 2.75) is 32.1 Å². The van der Waals surface area contributed by atoms with Crippen molar-refractivity contribution in [1.82, 2.24) is 4.90 Å². The van der Waals surface area contributed by atoms with Crippen LogP contribution in [0.5, 0.6) is 0 Å². The van der Waals surface area contributed by atoms with E-state index < -0.39 is 5.97 Å². The zero-order valence-corrected chi connectivity index (χ0v) is 8.83. The minimum atomic E-state index is -0.610. The van der Waals surface area contributed by atoms with Gasteiger partial charge in [0.05, 0.1) is 6.42 Å². The average Bonchev–Trinajstić information content (AvgIpc) is 2.85. The number of likely N-dealkylation sites (tertiary alicyclic amines) is 1. The van der Waals surface area contributed by atoms with Crippen LogP contribution in [-0.2, 0) is 4.79 Å². The zero-order chi connectivity index (χ0) is 10.2. The number of carboxylic acid groups (broad SMARTS) is 1. The molecule has 14 heavy (non-hydrogen) atoms. The molecule has 1 aliphatic heterocycles. The predicted octanol–water partition coefficient (Wildman–Crippen LogP) is 1.58. The van der Waals surface area contributed by atoms with Gasteiger partial charge in [-0.3, -0.25) is 4.79 Å². The fraction of sp³-hybridized carbons (Fsp3) is 0.909. The van der Waals surface area contributed by atoms with E-state index >= 15 is 0 Å². The summed E-state index contributed by atoms with van der Waals surface area (Å²) in [5, 5.41) is 8.86. The Hall–Kier alpha value is -0.570. The molecule has 1 saturated heterocycles. The second kappa shape index (κ2) is 3.54. The summed E-state index contributed by atoms with van der Waals surface area (Å²) in [7, 11) is 2.15. The van der Waals surface area contributed by atoms with Crippen molar-refractivity contribution in [3.8, 4) is 0 Å². The Labute approximate surface area is 85.1 Å². The normalized spacial score (nSPS) is 27.5. The van der Waals surface area contributed by atoms with E-state index in [1.54, 1.807) is 0 Å². The lowest BCUT2D eigenvalue weighted by atomic mass is 9.79. The van der Waals surface area contributed by atoms with Crippen LogP contribution in [0.15, 0.2) is 0 Å². The highest BCUT2D eigenvalue weighted by Gasteiger charge is 2.50. The fourth-order valence-electron chi connectivity index (χ4n) is 2.81. The largest absolute Gasteiger partial charge is 0.481 e. The molecule has 3 heteroatoms. The van der Waals surface area contributed by atoms with E-state index in [0.29, 0.717) is 12.3 Å². The molecule has 0 unspecified atom stereocenters. The van der Waals surface area contributed by atoms with E-state index in [1.807, 2.05) is 0 Å². The SMILES string of the molecule is CN1CCC(C2(CC(=O)O)CC2)CC1. The molecule has 0 spiro atoms. The maximum Gasteiger partial charge on any atom is 0.303 e. The topological polar surface area (TPSA) is 40.5 Å². The zero-order valence-electron chi connectivity index (χ0n) is 8.83. The molecule has 1 aliphatic carbocycles. The Morgan fingerprint density at radius 2 is 2.00 bits per heavy atom. The molecular formula is C11H19NO2. The predicted molar refractivity (Wildman–Crippen MR) is 54.1 cm³/mol. The van der Waals surface area contributed by atoms with Crippen molar-refractivity contribution < 1.29 is 9.90 Å². The van der Waals surface area contributed by atoms with Crippen LogP contribution in [-0.4, -0.2) is 36.1 Å². The maximum atomic E-state index is 10.8. The monoisotopic (exact) mass is 197 g/mol. The van der Waals surface area contributed by atoms with Gasteiger partial charge < -0.3 is 10.0 Å². The fourth-order valence-corrected chi connectivity index (χ4v) is 2.81. The molecule has 2 aliphatic rings. The first-order chi connectivity index (χ1) is 6.62. The van der Waals surface area contributed by atoms with Crippen LogP contribution in [0.1, 0.15) is 32.1 Å². The smallest absolute Gasteiger partial charge is 0.303 e. The summed E-state index contributed by atoms with van der Waals surface area (Å²) in [6.07, 6.45) is 5.09. The van der Waals surface area contributed by atoms with E-state index in [1.165, 1.54) is 12.8 Å². The Balaban J connectivity index is 1.91. The molecule has 1 heterocycles. The van der Waals surface area contributed by atoms with Crippen molar-refractivity contribution in [3.05, 3.63) is 0 Å². The van der Waals surface area contributed by atoms with Gasteiger partial charge in [-0.15, -0.1) is 0 Å². The quantitative estimate of drug-likeness (QED) is 0.746. The van der Waals surface area contributed by atoms with Crippen molar-refractivity contribution in [3.63, 3.8) is 0 Å². The molecule has 0 amide bonds. The van der Waals surface area contributed by atoms with Gasteiger partial charge in [0.25, 0.3) is 0 Å². The van der Waals surface area contributed by atoms with Gasteiger partial charge in [-0.25, -0.2) is 0 Å². The number of hydrogen-bond acceptors (Lipinski definition) is 2. The van der Waals surface area contributed by atoms with Crippen LogP contribution in [0.2, 0.25) is 0 Å². The second-order valence-electron chi connectivity index (χ2n) is 5.01. The van der Waals surface area contributed by atoms with Gasteiger partial charge in [-0.05, 0) is 57.2 Å². The van der Waals surface area contributed by atoms with E-state index in [4.69, 9.17) is 5.11 Å². The third-order valence-electron chi connectivity index (χ3n) is 3.98. The summed E-state index contributed by atoms with van der Waals surface area (Å²) in [5.74, 6) is 0.0660. The summed E-state index contributed by atoms with van der Waals surface area (Å²) in [4.78, 5) is 13.1. The van der Waals surface area contributed by atoms with E-state index in [9.17, 15) is 4.79 Å². The van der Waals surface area contributed by atoms with E-state index in [-0.39, 0.29) is 5.41 Å². The van der Waals surface area contributed by atoms with Crippen LogP contribution in [0, 0.1) is 11.3 Å². The van der Waals surface area contributed by atoms with Crippen LogP contribution < -0.4 is 0 Å². The highest BCUT2D eigenvalue weighted by Crippen LogP contribution is 2.57. The lowest BCUT2D eigenvalue weighted by Crippen LogP contribution is -2.34. The minimum absolute atomic E-state index is 0.201. The van der Waals surface area contributed by atoms with Crippen LogP contribution in [0.4, 0.5) is 0 Å². The Morgan fingerprint density at radius 3 is 2.43 bits per heavy atom. The number of rotatable bonds is 3. The molecule has 0 atom stereocenters. The van der Waals surface area contributed by atoms with Crippen molar-refractivity contribution in [2.24, 2.45) is 11.3 Å². The molecule has 0 radical (unpaired) electrons. The lowest BCUT2D eigenvalue weighted by Gasteiger charge is -2.34. The van der Waals surface area contributed by atoms with Gasteiger partial charge in [-0.2, -0.15) is 0 Å². The third-order valence-corrected chi connectivity index (χ3v) is 3.98. The molecule has 0 aromatic heterocycles. The number of piperidine rings is 1. The molecule has 80 valence electrons. The lowest BCUT2D eigenvalue weighted by molar-refractivity contribution is -0.139. The maximum absolute atomic E-state index is 10.8. The number of carbonyl (C=O) groups is 1. The summed E-state index contributed by atoms with van der Waals surface area (Å²) in [5.41, 5.74) is 0.201. The van der Waals surface area contributed by atoms with Crippen molar-refractivity contribution >= 4 is 5.97 Å². The standard InChI is InChI=1S/C11H19NO2/c1-12-6-2-9(3-7-12)11(4-5-11)8-10(13)14/h9H,2-8H2,1H3,(H,13,14). The number of hydrogen-bond donors (Lipinski definition) is 1. The van der Waals surface area contributed by atoms with Crippen molar-refractivity contribution in [1.29, 1.82) is 0 Å². The van der Waals surface area contributed by atoms with Gasteiger partial charge >= 0.3 is 5.97 Å². The molecule has 0 aromatic carbocycles. The van der Waals surface area contributed by atoms with E-state index in [2.05, 4.69) is 11.9 Å². The van der Waals surface area contributed by atoms with Gasteiger partial charge in [0.15, 0.2) is 0 Å². The van der Waals surface area contributed by atoms with E-state index in [0.717, 1.165) is 25.9 Å². The Bertz CT molecular complexity index is 227. The molecule has 3 nitrogen and oxygen atoms in total. The third kappa shape index (κ3) is 1.92. The highest BCUT2D eigenvalue weighted by atomic mass is 16.4. The van der Waals surface area contributed by atoms with Gasteiger partial charge in [0.1, 0.15) is 0 Å². The highest BCUT2D eigenvalue weighted by molar-refractivity contribution is 5.68.